The maximum atomic E-state index is 5.37. The van der Waals surface area contributed by atoms with Crippen LogP contribution in [-0.2, 0) is 6.54 Å². The van der Waals surface area contributed by atoms with E-state index in [0.717, 1.165) is 12.1 Å². The van der Waals surface area contributed by atoms with E-state index in [4.69, 9.17) is 12.2 Å². The van der Waals surface area contributed by atoms with Gasteiger partial charge in [0, 0.05) is 5.69 Å². The summed E-state index contributed by atoms with van der Waals surface area (Å²) in [6.07, 6.45) is 2.84. The summed E-state index contributed by atoms with van der Waals surface area (Å²) in [4.78, 5) is 4.29. The van der Waals surface area contributed by atoms with Crippen LogP contribution in [0.25, 0.3) is 0 Å². The normalized spacial score (nSPS) is 11.8. The van der Waals surface area contributed by atoms with E-state index in [1.165, 1.54) is 16.7 Å². The SMILES string of the molecule is CCC(C)c1ccc(NC(=S)Nc2ncn(Cc3ccccc3C)n2)cc1. The number of aromatic nitrogens is 3. The molecule has 1 unspecified atom stereocenters. The average molecular weight is 380 g/mol. The van der Waals surface area contributed by atoms with Crippen LogP contribution in [0, 0.1) is 6.92 Å². The third kappa shape index (κ3) is 5.14. The van der Waals surface area contributed by atoms with Gasteiger partial charge >= 0.3 is 0 Å². The number of benzene rings is 2. The summed E-state index contributed by atoms with van der Waals surface area (Å²) in [6.45, 7) is 7.20. The minimum Gasteiger partial charge on any atom is -0.332 e. The van der Waals surface area contributed by atoms with Crippen LogP contribution in [0.3, 0.4) is 0 Å². The first-order valence-electron chi connectivity index (χ1n) is 9.17. The third-order valence-electron chi connectivity index (χ3n) is 4.71. The summed E-state index contributed by atoms with van der Waals surface area (Å²) < 4.78 is 1.80. The summed E-state index contributed by atoms with van der Waals surface area (Å²) in [5.74, 6) is 1.04. The Morgan fingerprint density at radius 3 is 2.56 bits per heavy atom. The molecule has 140 valence electrons. The van der Waals surface area contributed by atoms with Crippen LogP contribution in [0.1, 0.15) is 42.9 Å². The molecule has 2 aromatic carbocycles. The van der Waals surface area contributed by atoms with Crippen LogP contribution in [0.4, 0.5) is 11.6 Å². The van der Waals surface area contributed by atoms with E-state index < -0.39 is 0 Å². The Balaban J connectivity index is 1.57. The number of rotatable bonds is 6. The fraction of sp³-hybridized carbons (Fsp3) is 0.286. The van der Waals surface area contributed by atoms with Gasteiger partial charge in [-0.05, 0) is 60.3 Å². The summed E-state index contributed by atoms with van der Waals surface area (Å²) in [5, 5.41) is 11.1. The van der Waals surface area contributed by atoms with E-state index in [-0.39, 0.29) is 0 Å². The van der Waals surface area contributed by atoms with Gasteiger partial charge in [-0.25, -0.2) is 9.67 Å². The molecule has 27 heavy (non-hydrogen) atoms. The maximum Gasteiger partial charge on any atom is 0.248 e. The molecule has 0 aliphatic rings. The van der Waals surface area contributed by atoms with Gasteiger partial charge in [-0.2, -0.15) is 0 Å². The van der Waals surface area contributed by atoms with Crippen LogP contribution in [0.15, 0.2) is 54.9 Å². The van der Waals surface area contributed by atoms with E-state index in [1.807, 2.05) is 24.3 Å². The fourth-order valence-corrected chi connectivity index (χ4v) is 2.99. The molecular formula is C21H25N5S. The molecule has 5 nitrogen and oxygen atoms in total. The van der Waals surface area contributed by atoms with Gasteiger partial charge in [-0.3, -0.25) is 5.32 Å². The Bertz CT molecular complexity index is 901. The quantitative estimate of drug-likeness (QED) is 0.593. The molecule has 3 aromatic rings. The Hall–Kier alpha value is -2.73. The van der Waals surface area contributed by atoms with Crippen molar-refractivity contribution in [2.45, 2.75) is 39.7 Å². The number of anilines is 2. The molecule has 6 heteroatoms. The topological polar surface area (TPSA) is 54.8 Å². The number of aryl methyl sites for hydroxylation is 1. The van der Waals surface area contributed by atoms with Gasteiger partial charge in [0.05, 0.1) is 6.54 Å². The molecule has 0 amide bonds. The van der Waals surface area contributed by atoms with Crippen molar-refractivity contribution in [1.29, 1.82) is 0 Å². The predicted molar refractivity (Wildman–Crippen MR) is 115 cm³/mol. The molecule has 0 saturated carbocycles. The lowest BCUT2D eigenvalue weighted by molar-refractivity contribution is 0.684. The Morgan fingerprint density at radius 1 is 1.11 bits per heavy atom. The van der Waals surface area contributed by atoms with Crippen LogP contribution >= 0.6 is 12.2 Å². The summed E-state index contributed by atoms with van der Waals surface area (Å²) in [5.41, 5.74) is 4.73. The molecule has 0 bridgehead atoms. The van der Waals surface area contributed by atoms with E-state index in [9.17, 15) is 0 Å². The van der Waals surface area contributed by atoms with Crippen LogP contribution in [0.2, 0.25) is 0 Å². The lowest BCUT2D eigenvalue weighted by Gasteiger charge is -2.11. The smallest absolute Gasteiger partial charge is 0.248 e. The number of nitrogens with zero attached hydrogens (tertiary/aromatic N) is 3. The van der Waals surface area contributed by atoms with Crippen molar-refractivity contribution >= 4 is 29.0 Å². The second-order valence-corrected chi connectivity index (χ2v) is 7.11. The lowest BCUT2D eigenvalue weighted by Crippen LogP contribution is -2.20. The molecule has 2 N–H and O–H groups in total. The van der Waals surface area contributed by atoms with Crippen molar-refractivity contribution in [3.8, 4) is 0 Å². The van der Waals surface area contributed by atoms with Crippen LogP contribution in [0.5, 0.6) is 0 Å². The van der Waals surface area contributed by atoms with E-state index in [2.05, 4.69) is 65.8 Å². The standard InChI is InChI=1S/C21H25N5S/c1-4-15(2)17-9-11-19(12-10-17)23-21(27)24-20-22-14-26(25-20)13-18-8-6-5-7-16(18)3/h5-12,14-15H,4,13H2,1-3H3,(H2,23,24,25,27). The molecule has 0 aliphatic carbocycles. The zero-order chi connectivity index (χ0) is 19.2. The maximum absolute atomic E-state index is 5.37. The summed E-state index contributed by atoms with van der Waals surface area (Å²) >= 11 is 5.37. The summed E-state index contributed by atoms with van der Waals surface area (Å²) in [7, 11) is 0. The highest BCUT2D eigenvalue weighted by Crippen LogP contribution is 2.20. The molecule has 0 spiro atoms. The number of nitrogens with one attached hydrogen (secondary N) is 2. The Morgan fingerprint density at radius 2 is 1.85 bits per heavy atom. The number of hydrogen-bond donors (Lipinski definition) is 2. The molecule has 0 saturated heterocycles. The highest BCUT2D eigenvalue weighted by Gasteiger charge is 2.07. The Labute approximate surface area is 165 Å². The van der Waals surface area contributed by atoms with Crippen molar-refractivity contribution < 1.29 is 0 Å². The molecular weight excluding hydrogens is 354 g/mol. The number of hydrogen-bond acceptors (Lipinski definition) is 3. The second-order valence-electron chi connectivity index (χ2n) is 6.70. The van der Waals surface area contributed by atoms with E-state index in [0.29, 0.717) is 23.5 Å². The first-order chi connectivity index (χ1) is 13.0. The molecule has 1 heterocycles. The van der Waals surface area contributed by atoms with Gasteiger partial charge in [0.2, 0.25) is 5.95 Å². The van der Waals surface area contributed by atoms with Crippen molar-refractivity contribution in [3.05, 3.63) is 71.5 Å². The second kappa shape index (κ2) is 8.77. The van der Waals surface area contributed by atoms with Gasteiger partial charge in [0.25, 0.3) is 0 Å². The average Bonchev–Trinajstić information content (AvgIpc) is 3.10. The summed E-state index contributed by atoms with van der Waals surface area (Å²) in [6, 6.07) is 16.6. The van der Waals surface area contributed by atoms with Gasteiger partial charge in [-0.15, -0.1) is 5.10 Å². The highest BCUT2D eigenvalue weighted by molar-refractivity contribution is 7.80. The molecule has 0 radical (unpaired) electrons. The fourth-order valence-electron chi connectivity index (χ4n) is 2.78. The van der Waals surface area contributed by atoms with Crippen molar-refractivity contribution in [1.82, 2.24) is 14.8 Å². The lowest BCUT2D eigenvalue weighted by atomic mass is 9.99. The van der Waals surface area contributed by atoms with E-state index >= 15 is 0 Å². The zero-order valence-electron chi connectivity index (χ0n) is 15.9. The highest BCUT2D eigenvalue weighted by atomic mass is 32.1. The van der Waals surface area contributed by atoms with Crippen LogP contribution in [-0.4, -0.2) is 19.9 Å². The van der Waals surface area contributed by atoms with Gasteiger partial charge in [0.15, 0.2) is 5.11 Å². The molecule has 3 rings (SSSR count). The minimum absolute atomic E-state index is 0.472. The van der Waals surface area contributed by atoms with Crippen molar-refractivity contribution in [3.63, 3.8) is 0 Å². The predicted octanol–water partition coefficient (Wildman–Crippen LogP) is 4.96. The monoisotopic (exact) mass is 379 g/mol. The molecule has 0 fully saturated rings. The minimum atomic E-state index is 0.472. The number of thiocarbonyl (C=S) groups is 1. The third-order valence-corrected chi connectivity index (χ3v) is 4.91. The molecule has 0 aliphatic heterocycles. The first-order valence-corrected chi connectivity index (χ1v) is 9.58. The first kappa shape index (κ1) is 19.0. The largest absolute Gasteiger partial charge is 0.332 e. The van der Waals surface area contributed by atoms with Crippen molar-refractivity contribution in [2.75, 3.05) is 10.6 Å². The van der Waals surface area contributed by atoms with Gasteiger partial charge in [-0.1, -0.05) is 50.2 Å². The Kier molecular flexibility index (Phi) is 6.19. The van der Waals surface area contributed by atoms with Crippen LogP contribution < -0.4 is 10.6 Å². The van der Waals surface area contributed by atoms with Gasteiger partial charge in [0.1, 0.15) is 6.33 Å². The molecule has 1 aromatic heterocycles. The van der Waals surface area contributed by atoms with E-state index in [1.54, 1.807) is 11.0 Å². The van der Waals surface area contributed by atoms with Crippen molar-refractivity contribution in [2.24, 2.45) is 0 Å². The van der Waals surface area contributed by atoms with Gasteiger partial charge < -0.3 is 5.32 Å². The molecule has 1 atom stereocenters. The zero-order valence-corrected chi connectivity index (χ0v) is 16.8.